The predicted molar refractivity (Wildman–Crippen MR) is 172 cm³/mol. The predicted octanol–water partition coefficient (Wildman–Crippen LogP) is 8.38. The summed E-state index contributed by atoms with van der Waals surface area (Å²) in [4.78, 5) is 14.8. The molecule has 1 heterocycles. The topological polar surface area (TPSA) is 164 Å². The Kier molecular flexibility index (Phi) is 13.8. The molecule has 0 saturated carbocycles. The number of halogens is 9. The number of H-pyrrole nitrogens is 1. The van der Waals surface area contributed by atoms with Crippen LogP contribution in [0.4, 0.5) is 45.2 Å². The first-order valence-corrected chi connectivity index (χ1v) is 15.5. The third-order valence-corrected chi connectivity index (χ3v) is 7.18. The number of phenols is 1. The van der Waals surface area contributed by atoms with Gasteiger partial charge in [-0.1, -0.05) is 17.2 Å². The van der Waals surface area contributed by atoms with Crippen LogP contribution in [0.1, 0.15) is 22.4 Å². The minimum absolute atomic E-state index is 0.107. The molecule has 3 aromatic carbocycles. The number of hydrogen-bond acceptors (Lipinski definition) is 8. The van der Waals surface area contributed by atoms with Gasteiger partial charge in [0.1, 0.15) is 24.7 Å². The lowest BCUT2D eigenvalue weighted by atomic mass is 9.95. The summed E-state index contributed by atoms with van der Waals surface area (Å²) < 4.78 is 143. The van der Waals surface area contributed by atoms with Gasteiger partial charge in [0.2, 0.25) is 5.91 Å². The van der Waals surface area contributed by atoms with E-state index < -0.39 is 75.1 Å². The lowest BCUT2D eigenvalue weighted by molar-refractivity contribution is -0.143. The molecular weight excluding hydrogens is 747 g/mol. The molecule has 0 bridgehead atoms. The van der Waals surface area contributed by atoms with Crippen LogP contribution in [0.25, 0.3) is 32.8 Å². The van der Waals surface area contributed by atoms with Crippen LogP contribution in [-0.4, -0.2) is 67.4 Å². The number of carbonyl (C=O) groups is 1. The number of aromatic amines is 1. The average molecular weight is 777 g/mol. The van der Waals surface area contributed by atoms with Gasteiger partial charge in [0, 0.05) is 22.7 Å². The fraction of sp³-hybridized carbons (Fsp3) is 0.333. The lowest BCUT2D eigenvalue weighted by Crippen LogP contribution is -2.20. The van der Waals surface area contributed by atoms with E-state index in [1.54, 1.807) is 0 Å². The van der Waals surface area contributed by atoms with Crippen LogP contribution in [0.15, 0.2) is 65.8 Å². The number of aromatic hydroxyl groups is 1. The van der Waals surface area contributed by atoms with Crippen LogP contribution in [0.3, 0.4) is 0 Å². The maximum absolute atomic E-state index is 13.7. The molecule has 3 N–H and O–H groups in total. The molecule has 1 amide bonds. The zero-order chi connectivity index (χ0) is 39.5. The monoisotopic (exact) mass is 776 g/mol. The van der Waals surface area contributed by atoms with Crippen LogP contribution >= 0.6 is 0 Å². The number of hydrogen-bond donors (Lipinski definition) is 3. The first-order chi connectivity index (χ1) is 25.5. The molecule has 1 aromatic heterocycles. The number of nitrogens with zero attached hydrogens (tertiary/aromatic N) is 4. The van der Waals surface area contributed by atoms with Crippen LogP contribution in [0, 0.1) is 0 Å². The summed E-state index contributed by atoms with van der Waals surface area (Å²) in [5.41, 5.74) is 1.79. The third-order valence-electron chi connectivity index (χ3n) is 7.18. The van der Waals surface area contributed by atoms with Crippen LogP contribution in [0.5, 0.6) is 11.5 Å². The maximum Gasteiger partial charge on any atom is 0.435 e. The Morgan fingerprint density at radius 2 is 1.43 bits per heavy atom. The number of benzene rings is 3. The molecule has 0 saturated heterocycles. The molecule has 21 heteroatoms. The van der Waals surface area contributed by atoms with Crippen molar-refractivity contribution < 1.29 is 68.4 Å². The van der Waals surface area contributed by atoms with Crippen molar-refractivity contribution in [3.63, 3.8) is 0 Å². The molecule has 4 rings (SSSR count). The summed E-state index contributed by atoms with van der Waals surface area (Å²) in [6.07, 6.45) is -15.4. The summed E-state index contributed by atoms with van der Waals surface area (Å²) >= 11 is 0. The zero-order valence-electron chi connectivity index (χ0n) is 27.6. The van der Waals surface area contributed by atoms with E-state index in [-0.39, 0.29) is 58.9 Å². The molecule has 0 radical (unpaired) electrons. The van der Waals surface area contributed by atoms with Gasteiger partial charge in [-0.05, 0) is 65.2 Å². The highest BCUT2D eigenvalue weighted by Gasteiger charge is 2.38. The first-order valence-electron chi connectivity index (χ1n) is 15.5. The Balaban J connectivity index is 1.47. The second kappa shape index (κ2) is 18.0. The van der Waals surface area contributed by atoms with E-state index in [1.807, 2.05) is 0 Å². The molecule has 54 heavy (non-hydrogen) atoms. The number of alkyl halides is 9. The summed E-state index contributed by atoms with van der Waals surface area (Å²) in [6, 6.07) is 9.12. The molecule has 0 aliphatic rings. The van der Waals surface area contributed by atoms with Gasteiger partial charge in [-0.15, -0.1) is 0 Å². The van der Waals surface area contributed by atoms with E-state index in [2.05, 4.69) is 25.5 Å². The van der Waals surface area contributed by atoms with Gasteiger partial charge in [-0.25, -0.2) is 0 Å². The van der Waals surface area contributed by atoms with Crippen LogP contribution in [-0.2, 0) is 44.1 Å². The third kappa shape index (κ3) is 11.8. The van der Waals surface area contributed by atoms with Crippen molar-refractivity contribution in [1.82, 2.24) is 10.2 Å². The highest BCUT2D eigenvalue weighted by molar-refractivity contribution is 5.91. The Hall–Kier alpha value is -5.50. The van der Waals surface area contributed by atoms with Crippen molar-refractivity contribution in [3.05, 3.63) is 93.5 Å². The van der Waals surface area contributed by atoms with E-state index in [9.17, 15) is 49.4 Å². The average Bonchev–Trinajstić information content (AvgIpc) is 3.60. The molecule has 290 valence electrons. The summed E-state index contributed by atoms with van der Waals surface area (Å²) in [6.45, 7) is 0.624. The molecule has 0 aliphatic heterocycles. The molecule has 0 unspecified atom stereocenters. The lowest BCUT2D eigenvalue weighted by Gasteiger charge is -2.19. The fourth-order valence-corrected chi connectivity index (χ4v) is 4.69. The second-order valence-corrected chi connectivity index (χ2v) is 11.1. The number of carbonyl (C=O) groups excluding carboxylic acids is 1. The fourth-order valence-electron chi connectivity index (χ4n) is 4.69. The van der Waals surface area contributed by atoms with Crippen molar-refractivity contribution in [2.75, 3.05) is 51.5 Å². The maximum atomic E-state index is 13.7. The molecule has 0 atom stereocenters. The van der Waals surface area contributed by atoms with Crippen molar-refractivity contribution in [1.29, 1.82) is 0 Å². The number of nitrogens with one attached hydrogen (secondary N) is 2. The van der Waals surface area contributed by atoms with Crippen LogP contribution < -0.4 is 10.1 Å². The zero-order valence-corrected chi connectivity index (χ0v) is 27.6. The van der Waals surface area contributed by atoms with E-state index in [0.29, 0.717) is 29.4 Å². The molecular formula is C33H29F9N6O6. The van der Waals surface area contributed by atoms with Gasteiger partial charge >= 0.3 is 18.5 Å². The number of rotatable bonds is 17. The Labute approximate surface area is 299 Å². The van der Waals surface area contributed by atoms with Crippen molar-refractivity contribution in [2.24, 2.45) is 5.11 Å². The largest absolute Gasteiger partial charge is 0.506 e. The highest BCUT2D eigenvalue weighted by atomic mass is 19.4. The molecule has 4 aromatic rings. The normalized spacial score (nSPS) is 12.0. The number of azide groups is 1. The van der Waals surface area contributed by atoms with E-state index in [0.717, 1.165) is 12.1 Å². The standard InChI is InChI=1S/C33H29F9N6O6/c34-31(35,36)21-13-20(14-22(15-21)32(37,38)39)29-26(6-5-24(30(29)50)25-16-27(47-46-25)33(40,41)42)54-17-19-1-3-23(4-2-19)45-28(49)18-53-12-11-52-10-9-51-8-7-44-48-43/h1-6,13-16,50H,7-12,17-18H2,(H,45,49)(H,46,47). The van der Waals surface area contributed by atoms with Gasteiger partial charge in [0.05, 0.1) is 55.4 Å². The second-order valence-electron chi connectivity index (χ2n) is 11.1. The Morgan fingerprint density at radius 1 is 0.815 bits per heavy atom. The molecule has 0 aliphatic carbocycles. The van der Waals surface area contributed by atoms with E-state index in [1.165, 1.54) is 24.3 Å². The summed E-state index contributed by atoms with van der Waals surface area (Å²) in [5.74, 6) is -1.90. The van der Waals surface area contributed by atoms with Gasteiger partial charge < -0.3 is 29.4 Å². The molecule has 12 nitrogen and oxygen atoms in total. The Morgan fingerprint density at radius 3 is 2.00 bits per heavy atom. The first kappa shape index (κ1) is 41.3. The van der Waals surface area contributed by atoms with Gasteiger partial charge in [-0.3, -0.25) is 9.89 Å². The highest BCUT2D eigenvalue weighted by Crippen LogP contribution is 2.47. The Bertz CT molecular complexity index is 1890. The van der Waals surface area contributed by atoms with Crippen molar-refractivity contribution in [2.45, 2.75) is 25.1 Å². The molecule has 0 fully saturated rings. The van der Waals surface area contributed by atoms with E-state index >= 15 is 0 Å². The quantitative estimate of drug-likeness (QED) is 0.0319. The number of phenolic OH excluding ortho intramolecular Hbond substituents is 1. The van der Waals surface area contributed by atoms with Crippen LogP contribution in [0.2, 0.25) is 0 Å². The van der Waals surface area contributed by atoms with Crippen molar-refractivity contribution in [3.8, 4) is 33.9 Å². The summed E-state index contributed by atoms with van der Waals surface area (Å²) in [7, 11) is 0. The minimum Gasteiger partial charge on any atom is -0.506 e. The van der Waals surface area contributed by atoms with Gasteiger partial charge in [0.25, 0.3) is 0 Å². The van der Waals surface area contributed by atoms with Gasteiger partial charge in [0.15, 0.2) is 5.69 Å². The minimum atomic E-state index is -5.25. The smallest absolute Gasteiger partial charge is 0.435 e. The van der Waals surface area contributed by atoms with E-state index in [4.69, 9.17) is 24.5 Å². The SMILES string of the molecule is [N-]=[N+]=NCCOCCOCCOCC(=O)Nc1ccc(COc2ccc(-c3cc(C(F)(F)F)n[nH]3)c(O)c2-c2cc(C(F)(F)F)cc(C(F)(F)F)c2)cc1. The number of anilines is 1. The number of amides is 1. The molecule has 0 spiro atoms. The van der Waals surface area contributed by atoms with Crippen molar-refractivity contribution >= 4 is 11.6 Å². The number of ether oxygens (including phenoxy) is 4. The van der Waals surface area contributed by atoms with Gasteiger partial charge in [-0.2, -0.15) is 44.6 Å². The number of aromatic nitrogens is 2. The summed E-state index contributed by atoms with van der Waals surface area (Å²) in [5, 5.41) is 22.3.